The van der Waals surface area contributed by atoms with E-state index in [0.717, 1.165) is 11.3 Å². The molecule has 0 aromatic heterocycles. The Labute approximate surface area is 203 Å². The standard InChI is InChI=1S/C24H26ClNO4S2/c1-5-28-20-13-17(14-21-23(27)26(4)24(31)32-21)12-19(25)22(20)30-8-6-7-29-18-10-15(2)9-16(3)11-18/h9-14H,5-8H2,1-4H3/b21-14+. The van der Waals surface area contributed by atoms with Crippen LogP contribution >= 0.6 is 35.6 Å². The number of aryl methyl sites for hydroxylation is 2. The Kier molecular flexibility index (Phi) is 8.45. The van der Waals surface area contributed by atoms with Crippen molar-refractivity contribution in [1.82, 2.24) is 4.90 Å². The van der Waals surface area contributed by atoms with Crippen molar-refractivity contribution in [2.75, 3.05) is 26.9 Å². The van der Waals surface area contributed by atoms with E-state index >= 15 is 0 Å². The molecule has 1 saturated heterocycles. The second-order valence-electron chi connectivity index (χ2n) is 7.38. The van der Waals surface area contributed by atoms with Crippen molar-refractivity contribution in [2.24, 2.45) is 0 Å². The number of rotatable bonds is 9. The lowest BCUT2D eigenvalue weighted by atomic mass is 10.1. The maximum atomic E-state index is 12.3. The number of nitrogens with zero attached hydrogens (tertiary/aromatic N) is 1. The van der Waals surface area contributed by atoms with Gasteiger partial charge in [0.05, 0.1) is 29.7 Å². The fourth-order valence-electron chi connectivity index (χ4n) is 3.21. The third-order valence-corrected chi connectivity index (χ3v) is 6.38. The van der Waals surface area contributed by atoms with Crippen LogP contribution in [0.4, 0.5) is 0 Å². The van der Waals surface area contributed by atoms with Gasteiger partial charge in [-0.25, -0.2) is 0 Å². The first-order chi connectivity index (χ1) is 15.3. The lowest BCUT2D eigenvalue weighted by Crippen LogP contribution is -2.22. The molecule has 1 aliphatic rings. The number of amides is 1. The molecule has 0 spiro atoms. The van der Waals surface area contributed by atoms with Gasteiger partial charge in [-0.2, -0.15) is 0 Å². The first-order valence-electron chi connectivity index (χ1n) is 10.3. The van der Waals surface area contributed by atoms with Crippen LogP contribution in [0.5, 0.6) is 17.2 Å². The highest BCUT2D eigenvalue weighted by Gasteiger charge is 2.28. The summed E-state index contributed by atoms with van der Waals surface area (Å²) in [5.74, 6) is 1.75. The van der Waals surface area contributed by atoms with Crippen LogP contribution in [0.15, 0.2) is 35.2 Å². The summed E-state index contributed by atoms with van der Waals surface area (Å²) in [5.41, 5.74) is 3.09. The summed E-state index contributed by atoms with van der Waals surface area (Å²) < 4.78 is 18.0. The van der Waals surface area contributed by atoms with Gasteiger partial charge in [-0.3, -0.25) is 9.69 Å². The normalized spacial score (nSPS) is 14.9. The van der Waals surface area contributed by atoms with Crippen molar-refractivity contribution in [3.63, 3.8) is 0 Å². The van der Waals surface area contributed by atoms with E-state index < -0.39 is 0 Å². The number of halogens is 1. The van der Waals surface area contributed by atoms with Gasteiger partial charge >= 0.3 is 0 Å². The maximum Gasteiger partial charge on any atom is 0.265 e. The Balaban J connectivity index is 1.64. The van der Waals surface area contributed by atoms with Crippen molar-refractivity contribution in [1.29, 1.82) is 0 Å². The number of likely N-dealkylation sites (N-methyl/N-ethyl adjacent to an activating group) is 1. The monoisotopic (exact) mass is 491 g/mol. The minimum Gasteiger partial charge on any atom is -0.493 e. The minimum absolute atomic E-state index is 0.127. The van der Waals surface area contributed by atoms with Gasteiger partial charge in [0.2, 0.25) is 0 Å². The van der Waals surface area contributed by atoms with Crippen LogP contribution in [0, 0.1) is 13.8 Å². The number of carbonyl (C=O) groups is 1. The van der Waals surface area contributed by atoms with E-state index in [1.54, 1.807) is 19.2 Å². The zero-order chi connectivity index (χ0) is 23.3. The van der Waals surface area contributed by atoms with Gasteiger partial charge in [0.1, 0.15) is 10.1 Å². The van der Waals surface area contributed by atoms with E-state index in [2.05, 4.69) is 6.07 Å². The minimum atomic E-state index is -0.127. The van der Waals surface area contributed by atoms with Gasteiger partial charge in [-0.15, -0.1) is 0 Å². The zero-order valence-electron chi connectivity index (χ0n) is 18.6. The van der Waals surface area contributed by atoms with E-state index in [4.69, 9.17) is 38.0 Å². The van der Waals surface area contributed by atoms with Crippen LogP contribution in [0.25, 0.3) is 6.08 Å². The number of benzene rings is 2. The molecule has 0 bridgehead atoms. The SMILES string of the molecule is CCOc1cc(/C=C2/SC(=S)N(C)C2=O)cc(Cl)c1OCCCOc1cc(C)cc(C)c1. The Morgan fingerprint density at radius 3 is 2.38 bits per heavy atom. The average molecular weight is 492 g/mol. The third kappa shape index (κ3) is 6.18. The van der Waals surface area contributed by atoms with Gasteiger partial charge in [0.25, 0.3) is 5.91 Å². The molecule has 1 aliphatic heterocycles. The Morgan fingerprint density at radius 1 is 1.06 bits per heavy atom. The molecule has 0 unspecified atom stereocenters. The van der Waals surface area contributed by atoms with E-state index in [9.17, 15) is 4.79 Å². The summed E-state index contributed by atoms with van der Waals surface area (Å²) >= 11 is 12.9. The van der Waals surface area contributed by atoms with Gasteiger partial charge in [-0.1, -0.05) is 41.6 Å². The van der Waals surface area contributed by atoms with Crippen LogP contribution in [0.1, 0.15) is 30.0 Å². The summed E-state index contributed by atoms with van der Waals surface area (Å²) in [6.45, 7) is 7.41. The molecule has 5 nitrogen and oxygen atoms in total. The molecule has 2 aromatic rings. The molecule has 0 N–H and O–H groups in total. The van der Waals surface area contributed by atoms with Gasteiger partial charge < -0.3 is 14.2 Å². The molecule has 1 fully saturated rings. The first-order valence-corrected chi connectivity index (χ1v) is 11.9. The topological polar surface area (TPSA) is 48.0 Å². The summed E-state index contributed by atoms with van der Waals surface area (Å²) in [7, 11) is 1.66. The first kappa shape index (κ1) is 24.4. The summed E-state index contributed by atoms with van der Waals surface area (Å²) in [6, 6.07) is 9.72. The number of ether oxygens (including phenoxy) is 3. The lowest BCUT2D eigenvalue weighted by Gasteiger charge is -2.15. The predicted molar refractivity (Wildman–Crippen MR) is 135 cm³/mol. The Hall–Kier alpha value is -2.22. The predicted octanol–water partition coefficient (Wildman–Crippen LogP) is 6.03. The average Bonchev–Trinajstić information content (AvgIpc) is 2.95. The van der Waals surface area contributed by atoms with E-state index in [1.807, 2.05) is 39.0 Å². The van der Waals surface area contributed by atoms with Crippen molar-refractivity contribution >= 4 is 51.9 Å². The van der Waals surface area contributed by atoms with Crippen molar-refractivity contribution in [2.45, 2.75) is 27.2 Å². The number of hydrogen-bond acceptors (Lipinski definition) is 6. The lowest BCUT2D eigenvalue weighted by molar-refractivity contribution is -0.121. The second kappa shape index (κ2) is 11.1. The molecule has 170 valence electrons. The highest BCUT2D eigenvalue weighted by atomic mass is 35.5. The van der Waals surface area contributed by atoms with Crippen molar-refractivity contribution in [3.05, 3.63) is 56.9 Å². The summed E-state index contributed by atoms with van der Waals surface area (Å²) in [4.78, 5) is 14.3. The molecule has 0 radical (unpaired) electrons. The van der Waals surface area contributed by atoms with Crippen molar-refractivity contribution < 1.29 is 19.0 Å². The highest BCUT2D eigenvalue weighted by Crippen LogP contribution is 2.39. The number of hydrogen-bond donors (Lipinski definition) is 0. The largest absolute Gasteiger partial charge is 0.493 e. The van der Waals surface area contributed by atoms with Gasteiger partial charge in [-0.05, 0) is 67.8 Å². The maximum absolute atomic E-state index is 12.3. The smallest absolute Gasteiger partial charge is 0.265 e. The molecule has 32 heavy (non-hydrogen) atoms. The molecule has 0 aliphatic carbocycles. The fourth-order valence-corrected chi connectivity index (χ4v) is 4.66. The quantitative estimate of drug-likeness (QED) is 0.242. The third-order valence-electron chi connectivity index (χ3n) is 4.62. The van der Waals surface area contributed by atoms with Gasteiger partial charge in [0, 0.05) is 13.5 Å². The van der Waals surface area contributed by atoms with E-state index in [1.165, 1.54) is 27.8 Å². The molecule has 0 saturated carbocycles. The van der Waals surface area contributed by atoms with Crippen LogP contribution < -0.4 is 14.2 Å². The Morgan fingerprint density at radius 2 is 1.75 bits per heavy atom. The molecule has 8 heteroatoms. The molecule has 1 amide bonds. The molecule has 2 aromatic carbocycles. The van der Waals surface area contributed by atoms with Crippen molar-refractivity contribution in [3.8, 4) is 17.2 Å². The second-order valence-corrected chi connectivity index (χ2v) is 9.46. The summed E-state index contributed by atoms with van der Waals surface area (Å²) in [5, 5.41) is 0.421. The molecular weight excluding hydrogens is 466 g/mol. The van der Waals surface area contributed by atoms with Crippen LogP contribution in [0.2, 0.25) is 5.02 Å². The van der Waals surface area contributed by atoms with E-state index in [-0.39, 0.29) is 5.91 Å². The fraction of sp³-hybridized carbons (Fsp3) is 0.333. The molecule has 3 rings (SSSR count). The number of thiocarbonyl (C=S) groups is 1. The Bertz CT molecular complexity index is 1030. The van der Waals surface area contributed by atoms with Crippen LogP contribution in [0.3, 0.4) is 0 Å². The number of carbonyl (C=O) groups excluding carboxylic acids is 1. The number of thioether (sulfide) groups is 1. The molecular formula is C24H26ClNO4S2. The van der Waals surface area contributed by atoms with Gasteiger partial charge in [0.15, 0.2) is 11.5 Å². The summed E-state index contributed by atoms with van der Waals surface area (Å²) in [6.07, 6.45) is 2.45. The van der Waals surface area contributed by atoms with E-state index in [0.29, 0.717) is 52.0 Å². The highest BCUT2D eigenvalue weighted by molar-refractivity contribution is 8.26. The molecule has 1 heterocycles. The zero-order valence-corrected chi connectivity index (χ0v) is 21.0. The molecule has 0 atom stereocenters. The van der Waals surface area contributed by atoms with Crippen LogP contribution in [-0.2, 0) is 4.79 Å². The van der Waals surface area contributed by atoms with Crippen LogP contribution in [-0.4, -0.2) is 42.0 Å².